The average Bonchev–Trinajstić information content (AvgIpc) is 2.74. The van der Waals surface area contributed by atoms with Gasteiger partial charge in [-0.15, -0.1) is 0 Å². The summed E-state index contributed by atoms with van der Waals surface area (Å²) in [5, 5.41) is 0.255. The lowest BCUT2D eigenvalue weighted by Gasteiger charge is -2.27. The maximum atomic E-state index is 13.3. The normalized spacial score (nSPS) is 11.1. The van der Waals surface area contributed by atoms with E-state index in [1.54, 1.807) is 61.6 Å². The minimum Gasteiger partial charge on any atom is -0.314 e. The molecule has 0 bridgehead atoms. The number of halogens is 2. The number of hydrogen-bond donors (Lipinski definition) is 0. The van der Waals surface area contributed by atoms with Crippen molar-refractivity contribution in [2.24, 2.45) is 0 Å². The predicted octanol–water partition coefficient (Wildman–Crippen LogP) is 4.85. The molecule has 0 aliphatic heterocycles. The standard InChI is InChI=1S/C21H18Cl2N2O3S/c1-24(16-9-4-2-5-10-16)20(26)15-25(19-14-8-13-18(22)21(19)23)29(27,28)17-11-6-3-7-12-17/h2-14H,15H2,1H3. The second-order valence-corrected chi connectivity index (χ2v) is 8.83. The van der Waals surface area contributed by atoms with Gasteiger partial charge in [0, 0.05) is 12.7 Å². The van der Waals surface area contributed by atoms with Crippen molar-refractivity contribution in [3.8, 4) is 0 Å². The Hall–Kier alpha value is -2.54. The SMILES string of the molecule is CN(C(=O)CN(c1cccc(Cl)c1Cl)S(=O)(=O)c1ccccc1)c1ccccc1. The second-order valence-electron chi connectivity index (χ2n) is 6.19. The van der Waals surface area contributed by atoms with Crippen LogP contribution >= 0.6 is 23.2 Å². The Morgan fingerprint density at radius 3 is 2.07 bits per heavy atom. The molecule has 0 unspecified atom stereocenters. The van der Waals surface area contributed by atoms with Crippen molar-refractivity contribution in [2.75, 3.05) is 22.8 Å². The summed E-state index contributed by atoms with van der Waals surface area (Å²) in [7, 11) is -2.47. The van der Waals surface area contributed by atoms with E-state index in [9.17, 15) is 13.2 Å². The highest BCUT2D eigenvalue weighted by Crippen LogP contribution is 2.35. The van der Waals surface area contributed by atoms with Crippen LogP contribution in [0.15, 0.2) is 83.8 Å². The quantitative estimate of drug-likeness (QED) is 0.541. The van der Waals surface area contributed by atoms with Gasteiger partial charge in [0.1, 0.15) is 6.54 Å². The molecule has 3 aromatic rings. The molecule has 0 N–H and O–H groups in total. The summed E-state index contributed by atoms with van der Waals surface area (Å²) in [6.07, 6.45) is 0. The fraction of sp³-hybridized carbons (Fsp3) is 0.0952. The third-order valence-electron chi connectivity index (χ3n) is 4.33. The number of rotatable bonds is 6. The van der Waals surface area contributed by atoms with Gasteiger partial charge in [0.2, 0.25) is 5.91 Å². The molecule has 0 saturated heterocycles. The third kappa shape index (κ3) is 4.56. The molecule has 0 heterocycles. The van der Waals surface area contributed by atoms with Crippen molar-refractivity contribution < 1.29 is 13.2 Å². The van der Waals surface area contributed by atoms with E-state index in [0.717, 1.165) is 4.31 Å². The molecule has 3 aromatic carbocycles. The van der Waals surface area contributed by atoms with Crippen LogP contribution in [0.2, 0.25) is 10.0 Å². The first kappa shape index (κ1) is 21.2. The highest BCUT2D eigenvalue weighted by Gasteiger charge is 2.30. The average molecular weight is 449 g/mol. The lowest BCUT2D eigenvalue weighted by molar-refractivity contribution is -0.116. The molecule has 0 fully saturated rings. The largest absolute Gasteiger partial charge is 0.314 e. The number of nitrogens with zero attached hydrogens (tertiary/aromatic N) is 2. The van der Waals surface area contributed by atoms with Gasteiger partial charge in [-0.05, 0) is 36.4 Å². The number of anilines is 2. The van der Waals surface area contributed by atoms with Crippen molar-refractivity contribution in [3.05, 3.63) is 88.9 Å². The molecule has 0 radical (unpaired) electrons. The Kier molecular flexibility index (Phi) is 6.47. The summed E-state index contributed by atoms with van der Waals surface area (Å²) in [5.41, 5.74) is 0.782. The topological polar surface area (TPSA) is 57.7 Å². The van der Waals surface area contributed by atoms with Crippen LogP contribution in [-0.2, 0) is 14.8 Å². The van der Waals surface area contributed by atoms with E-state index in [0.29, 0.717) is 5.69 Å². The number of carbonyl (C=O) groups is 1. The molecule has 0 spiro atoms. The summed E-state index contributed by atoms with van der Waals surface area (Å²) < 4.78 is 27.7. The van der Waals surface area contributed by atoms with E-state index in [1.165, 1.54) is 23.1 Å². The fourth-order valence-corrected chi connectivity index (χ4v) is 4.62. The first-order valence-electron chi connectivity index (χ1n) is 8.66. The van der Waals surface area contributed by atoms with E-state index in [2.05, 4.69) is 0 Å². The van der Waals surface area contributed by atoms with Crippen molar-refractivity contribution >= 4 is 50.5 Å². The number of likely N-dealkylation sites (N-methyl/N-ethyl adjacent to an activating group) is 1. The first-order valence-corrected chi connectivity index (χ1v) is 10.9. The number of amides is 1. The highest BCUT2D eigenvalue weighted by atomic mass is 35.5. The fourth-order valence-electron chi connectivity index (χ4n) is 2.73. The number of benzene rings is 3. The zero-order valence-corrected chi connectivity index (χ0v) is 17.8. The second kappa shape index (κ2) is 8.86. The van der Waals surface area contributed by atoms with Gasteiger partial charge in [0.25, 0.3) is 10.0 Å². The highest BCUT2D eigenvalue weighted by molar-refractivity contribution is 7.92. The van der Waals surface area contributed by atoms with Gasteiger partial charge < -0.3 is 4.90 Å². The number of carbonyl (C=O) groups excluding carboxylic acids is 1. The van der Waals surface area contributed by atoms with E-state index < -0.39 is 22.5 Å². The Labute approximate surface area is 180 Å². The van der Waals surface area contributed by atoms with Crippen molar-refractivity contribution in [3.63, 3.8) is 0 Å². The number of hydrogen-bond acceptors (Lipinski definition) is 3. The van der Waals surface area contributed by atoms with Gasteiger partial charge in [0.05, 0.1) is 20.6 Å². The van der Waals surface area contributed by atoms with Gasteiger partial charge in [0.15, 0.2) is 0 Å². The van der Waals surface area contributed by atoms with Crippen LogP contribution in [-0.4, -0.2) is 27.9 Å². The lowest BCUT2D eigenvalue weighted by Crippen LogP contribution is -2.42. The molecule has 0 saturated carbocycles. The maximum Gasteiger partial charge on any atom is 0.264 e. The molecule has 0 aromatic heterocycles. The van der Waals surface area contributed by atoms with E-state index in [-0.39, 0.29) is 20.6 Å². The zero-order chi connectivity index (χ0) is 21.0. The summed E-state index contributed by atoms with van der Waals surface area (Å²) in [6, 6.07) is 21.5. The third-order valence-corrected chi connectivity index (χ3v) is 6.91. The van der Waals surface area contributed by atoms with Gasteiger partial charge in [-0.25, -0.2) is 8.42 Å². The first-order chi connectivity index (χ1) is 13.8. The van der Waals surface area contributed by atoms with Gasteiger partial charge >= 0.3 is 0 Å². The summed E-state index contributed by atoms with van der Waals surface area (Å²) in [5.74, 6) is -0.424. The molecular weight excluding hydrogens is 431 g/mol. The van der Waals surface area contributed by atoms with Crippen LogP contribution in [0.1, 0.15) is 0 Å². The molecule has 1 amide bonds. The van der Waals surface area contributed by atoms with E-state index in [4.69, 9.17) is 23.2 Å². The van der Waals surface area contributed by atoms with Crippen LogP contribution < -0.4 is 9.21 Å². The molecule has 5 nitrogen and oxygen atoms in total. The molecule has 3 rings (SSSR count). The molecule has 0 atom stereocenters. The molecule has 0 aliphatic rings. The molecular formula is C21H18Cl2N2O3S. The van der Waals surface area contributed by atoms with Gasteiger partial charge in [-0.2, -0.15) is 0 Å². The Balaban J connectivity index is 2.04. The Morgan fingerprint density at radius 2 is 1.45 bits per heavy atom. The Morgan fingerprint density at radius 1 is 0.862 bits per heavy atom. The van der Waals surface area contributed by atoms with Crippen LogP contribution in [0.4, 0.5) is 11.4 Å². The van der Waals surface area contributed by atoms with Crippen LogP contribution in [0.25, 0.3) is 0 Å². The summed E-state index contributed by atoms with van der Waals surface area (Å²) in [6.45, 7) is -0.442. The van der Waals surface area contributed by atoms with Crippen molar-refractivity contribution in [1.82, 2.24) is 0 Å². The number of sulfonamides is 1. The minimum atomic E-state index is -4.06. The molecule has 0 aliphatic carbocycles. The molecule has 150 valence electrons. The molecule has 29 heavy (non-hydrogen) atoms. The smallest absolute Gasteiger partial charge is 0.264 e. The Bertz CT molecular complexity index is 1110. The summed E-state index contributed by atoms with van der Waals surface area (Å²) >= 11 is 12.4. The van der Waals surface area contributed by atoms with Gasteiger partial charge in [-0.1, -0.05) is 65.7 Å². The maximum absolute atomic E-state index is 13.3. The van der Waals surface area contributed by atoms with Crippen LogP contribution in [0, 0.1) is 0 Å². The lowest BCUT2D eigenvalue weighted by atomic mass is 10.3. The minimum absolute atomic E-state index is 0.0474. The monoisotopic (exact) mass is 448 g/mol. The van der Waals surface area contributed by atoms with E-state index >= 15 is 0 Å². The van der Waals surface area contributed by atoms with Gasteiger partial charge in [-0.3, -0.25) is 9.10 Å². The van der Waals surface area contributed by atoms with Crippen LogP contribution in [0.3, 0.4) is 0 Å². The van der Waals surface area contributed by atoms with E-state index in [1.807, 2.05) is 6.07 Å². The summed E-state index contributed by atoms with van der Waals surface area (Å²) in [4.78, 5) is 14.4. The van der Waals surface area contributed by atoms with Crippen molar-refractivity contribution in [1.29, 1.82) is 0 Å². The predicted molar refractivity (Wildman–Crippen MR) is 117 cm³/mol. The zero-order valence-electron chi connectivity index (χ0n) is 15.5. The van der Waals surface area contributed by atoms with Crippen molar-refractivity contribution in [2.45, 2.75) is 4.90 Å². The molecule has 8 heteroatoms. The number of para-hydroxylation sites is 1. The van der Waals surface area contributed by atoms with Crippen LogP contribution in [0.5, 0.6) is 0 Å².